The van der Waals surface area contributed by atoms with Crippen molar-refractivity contribution >= 4 is 5.69 Å². The molecule has 0 fully saturated rings. The van der Waals surface area contributed by atoms with Gasteiger partial charge in [-0.3, -0.25) is 0 Å². The van der Waals surface area contributed by atoms with Crippen molar-refractivity contribution in [1.29, 1.82) is 0 Å². The van der Waals surface area contributed by atoms with Crippen molar-refractivity contribution in [3.8, 4) is 5.75 Å². The Labute approximate surface area is 92.6 Å². The van der Waals surface area contributed by atoms with Crippen molar-refractivity contribution in [2.75, 3.05) is 19.0 Å². The monoisotopic (exact) mass is 207 g/mol. The Hall–Kier alpha value is -1.18. The summed E-state index contributed by atoms with van der Waals surface area (Å²) in [7, 11) is 1.69. The van der Waals surface area contributed by atoms with Crippen molar-refractivity contribution in [3.63, 3.8) is 0 Å². The smallest absolute Gasteiger partial charge is 0.120 e. The molecule has 2 heteroatoms. The molecule has 1 atom stereocenters. The number of rotatable bonds is 6. The molecule has 0 saturated heterocycles. The van der Waals surface area contributed by atoms with E-state index in [4.69, 9.17) is 4.74 Å². The molecule has 0 aliphatic rings. The third-order valence-corrected chi connectivity index (χ3v) is 2.51. The summed E-state index contributed by atoms with van der Waals surface area (Å²) in [4.78, 5) is 0. The van der Waals surface area contributed by atoms with Crippen LogP contribution in [0.5, 0.6) is 5.75 Å². The summed E-state index contributed by atoms with van der Waals surface area (Å²) in [6, 6.07) is 8.06. The van der Waals surface area contributed by atoms with E-state index in [-0.39, 0.29) is 0 Å². The first kappa shape index (κ1) is 11.9. The van der Waals surface area contributed by atoms with E-state index in [0.717, 1.165) is 23.9 Å². The van der Waals surface area contributed by atoms with Crippen LogP contribution in [0.1, 0.15) is 26.7 Å². The fourth-order valence-electron chi connectivity index (χ4n) is 1.62. The highest BCUT2D eigenvalue weighted by Gasteiger charge is 2.00. The molecule has 0 radical (unpaired) electrons. The van der Waals surface area contributed by atoms with E-state index in [1.165, 1.54) is 12.8 Å². The summed E-state index contributed by atoms with van der Waals surface area (Å²) in [5.41, 5.74) is 1.14. The van der Waals surface area contributed by atoms with Gasteiger partial charge in [0.1, 0.15) is 5.75 Å². The van der Waals surface area contributed by atoms with Crippen LogP contribution in [0.4, 0.5) is 5.69 Å². The Morgan fingerprint density at radius 3 is 2.87 bits per heavy atom. The first-order valence-corrected chi connectivity index (χ1v) is 5.64. The van der Waals surface area contributed by atoms with Crippen LogP contribution >= 0.6 is 0 Å². The molecule has 1 aromatic carbocycles. The van der Waals surface area contributed by atoms with Gasteiger partial charge in [0.2, 0.25) is 0 Å². The molecule has 2 nitrogen and oxygen atoms in total. The van der Waals surface area contributed by atoms with Crippen LogP contribution in [0.25, 0.3) is 0 Å². The highest BCUT2D eigenvalue weighted by molar-refractivity contribution is 5.48. The lowest BCUT2D eigenvalue weighted by atomic mass is 10.1. The molecule has 0 unspecified atom stereocenters. The van der Waals surface area contributed by atoms with E-state index in [0.29, 0.717) is 0 Å². The first-order chi connectivity index (χ1) is 7.26. The number of nitrogens with one attached hydrogen (secondary N) is 1. The van der Waals surface area contributed by atoms with Gasteiger partial charge < -0.3 is 10.1 Å². The van der Waals surface area contributed by atoms with Gasteiger partial charge in [-0.15, -0.1) is 0 Å². The van der Waals surface area contributed by atoms with Crippen LogP contribution in [-0.2, 0) is 0 Å². The minimum atomic E-state index is 0.723. The molecule has 0 aliphatic carbocycles. The van der Waals surface area contributed by atoms with Gasteiger partial charge in [0.15, 0.2) is 0 Å². The summed E-state index contributed by atoms with van der Waals surface area (Å²) < 4.78 is 5.17. The Morgan fingerprint density at radius 1 is 1.40 bits per heavy atom. The minimum absolute atomic E-state index is 0.723. The standard InChI is InChI=1S/C13H21NO/c1-4-6-11(2)10-14-12-7-5-8-13(9-12)15-3/h5,7-9,11,14H,4,6,10H2,1-3H3/t11-/m0/s1. The predicted molar refractivity (Wildman–Crippen MR) is 65.6 cm³/mol. The molecule has 0 saturated carbocycles. The molecule has 0 bridgehead atoms. The van der Waals surface area contributed by atoms with Crippen molar-refractivity contribution in [2.45, 2.75) is 26.7 Å². The first-order valence-electron chi connectivity index (χ1n) is 5.64. The van der Waals surface area contributed by atoms with Crippen LogP contribution in [0.2, 0.25) is 0 Å². The number of benzene rings is 1. The van der Waals surface area contributed by atoms with Crippen LogP contribution < -0.4 is 10.1 Å². The van der Waals surface area contributed by atoms with E-state index in [1.807, 2.05) is 18.2 Å². The van der Waals surface area contributed by atoms with Crippen LogP contribution in [0.3, 0.4) is 0 Å². The molecule has 0 aliphatic heterocycles. The summed E-state index contributed by atoms with van der Waals surface area (Å²) in [5.74, 6) is 1.63. The van der Waals surface area contributed by atoms with E-state index >= 15 is 0 Å². The molecule has 0 heterocycles. The molecule has 0 spiro atoms. The number of hydrogen-bond acceptors (Lipinski definition) is 2. The lowest BCUT2D eigenvalue weighted by Crippen LogP contribution is -2.10. The predicted octanol–water partition coefficient (Wildman–Crippen LogP) is 3.54. The van der Waals surface area contributed by atoms with E-state index in [9.17, 15) is 0 Å². The minimum Gasteiger partial charge on any atom is -0.497 e. The van der Waals surface area contributed by atoms with Gasteiger partial charge in [-0.05, 0) is 24.5 Å². The maximum absolute atomic E-state index is 5.17. The van der Waals surface area contributed by atoms with Crippen molar-refractivity contribution in [3.05, 3.63) is 24.3 Å². The zero-order valence-corrected chi connectivity index (χ0v) is 9.92. The maximum atomic E-state index is 5.17. The fraction of sp³-hybridized carbons (Fsp3) is 0.538. The van der Waals surface area contributed by atoms with E-state index in [1.54, 1.807) is 7.11 Å². The molecule has 15 heavy (non-hydrogen) atoms. The van der Waals surface area contributed by atoms with Gasteiger partial charge in [0.05, 0.1) is 7.11 Å². The number of ether oxygens (including phenoxy) is 1. The second-order valence-corrected chi connectivity index (χ2v) is 4.01. The van der Waals surface area contributed by atoms with Gasteiger partial charge >= 0.3 is 0 Å². The molecular weight excluding hydrogens is 186 g/mol. The van der Waals surface area contributed by atoms with E-state index < -0.39 is 0 Å². The average Bonchev–Trinajstić information content (AvgIpc) is 2.27. The SMILES string of the molecule is CCC[C@H](C)CNc1cccc(OC)c1. The van der Waals surface area contributed by atoms with E-state index in [2.05, 4.69) is 25.2 Å². The Bertz CT molecular complexity index is 286. The molecular formula is C13H21NO. The quantitative estimate of drug-likeness (QED) is 0.770. The fourth-order valence-corrected chi connectivity index (χ4v) is 1.62. The maximum Gasteiger partial charge on any atom is 0.120 e. The lowest BCUT2D eigenvalue weighted by molar-refractivity contribution is 0.415. The zero-order valence-electron chi connectivity index (χ0n) is 9.92. The molecule has 1 N–H and O–H groups in total. The number of hydrogen-bond donors (Lipinski definition) is 1. The second-order valence-electron chi connectivity index (χ2n) is 4.01. The van der Waals surface area contributed by atoms with Gasteiger partial charge in [-0.25, -0.2) is 0 Å². The molecule has 1 aromatic rings. The van der Waals surface area contributed by atoms with Gasteiger partial charge in [0, 0.05) is 18.3 Å². The number of methoxy groups -OCH3 is 1. The largest absolute Gasteiger partial charge is 0.497 e. The number of anilines is 1. The third-order valence-electron chi connectivity index (χ3n) is 2.51. The Morgan fingerprint density at radius 2 is 2.20 bits per heavy atom. The highest BCUT2D eigenvalue weighted by Crippen LogP contribution is 2.17. The molecule has 1 rings (SSSR count). The highest BCUT2D eigenvalue weighted by atomic mass is 16.5. The molecule has 0 amide bonds. The van der Waals surface area contributed by atoms with Crippen molar-refractivity contribution in [2.24, 2.45) is 5.92 Å². The summed E-state index contributed by atoms with van der Waals surface area (Å²) in [6.45, 7) is 5.53. The van der Waals surface area contributed by atoms with Gasteiger partial charge in [-0.1, -0.05) is 26.3 Å². The summed E-state index contributed by atoms with van der Waals surface area (Å²) >= 11 is 0. The normalized spacial score (nSPS) is 12.2. The summed E-state index contributed by atoms with van der Waals surface area (Å²) in [6.07, 6.45) is 2.53. The van der Waals surface area contributed by atoms with Crippen molar-refractivity contribution in [1.82, 2.24) is 0 Å². The Balaban J connectivity index is 2.43. The van der Waals surface area contributed by atoms with Crippen LogP contribution in [-0.4, -0.2) is 13.7 Å². The van der Waals surface area contributed by atoms with Crippen LogP contribution in [0.15, 0.2) is 24.3 Å². The third kappa shape index (κ3) is 4.24. The van der Waals surface area contributed by atoms with Gasteiger partial charge in [-0.2, -0.15) is 0 Å². The average molecular weight is 207 g/mol. The molecule has 0 aromatic heterocycles. The Kier molecular flexibility index (Phi) is 5.02. The summed E-state index contributed by atoms with van der Waals surface area (Å²) in [5, 5.41) is 3.42. The lowest BCUT2D eigenvalue weighted by Gasteiger charge is -2.13. The van der Waals surface area contributed by atoms with Crippen molar-refractivity contribution < 1.29 is 4.74 Å². The zero-order chi connectivity index (χ0) is 11.1. The molecule has 84 valence electrons. The second kappa shape index (κ2) is 6.33. The van der Waals surface area contributed by atoms with Gasteiger partial charge in [0.25, 0.3) is 0 Å². The topological polar surface area (TPSA) is 21.3 Å². The van der Waals surface area contributed by atoms with Crippen LogP contribution in [0, 0.1) is 5.92 Å².